The van der Waals surface area contributed by atoms with Gasteiger partial charge in [0.2, 0.25) is 0 Å². The van der Waals surface area contributed by atoms with Gasteiger partial charge in [0.15, 0.2) is 0 Å². The molecule has 1 unspecified atom stereocenters. The van der Waals surface area contributed by atoms with Crippen LogP contribution in [0.5, 0.6) is 0 Å². The van der Waals surface area contributed by atoms with Gasteiger partial charge in [0.25, 0.3) is 0 Å². The molecule has 3 aliphatic rings. The summed E-state index contributed by atoms with van der Waals surface area (Å²) in [5, 5.41) is 30.3. The van der Waals surface area contributed by atoms with Crippen molar-refractivity contribution >= 4 is 5.97 Å². The van der Waals surface area contributed by atoms with E-state index < -0.39 is 23.6 Å². The van der Waals surface area contributed by atoms with E-state index in [4.69, 9.17) is 4.74 Å². The van der Waals surface area contributed by atoms with Gasteiger partial charge < -0.3 is 20.1 Å². The van der Waals surface area contributed by atoms with Gasteiger partial charge in [0.05, 0.1) is 18.3 Å². The van der Waals surface area contributed by atoms with Crippen LogP contribution in [-0.4, -0.2) is 46.7 Å². The second-order valence-corrected chi connectivity index (χ2v) is 8.57. The lowest BCUT2D eigenvalue weighted by Crippen LogP contribution is -2.57. The average molecular weight is 362 g/mol. The molecule has 0 aromatic rings. The molecule has 0 aromatic heterocycles. The Hall–Kier alpha value is -1.43. The fourth-order valence-corrected chi connectivity index (χ4v) is 5.41. The highest BCUT2D eigenvalue weighted by molar-refractivity contribution is 5.92. The van der Waals surface area contributed by atoms with Gasteiger partial charge in [0.1, 0.15) is 12.7 Å². The molecule has 26 heavy (non-hydrogen) atoms. The standard InChI is InChI=1S/C21H30O5/c1-13-7-8-17-20(2,10-9-18(24)21(17,3)12-22)15(13)6-4-5-14-16(23)11-26-19(14)25/h4-6,15-18,22-24H,1,7-12H2,2-3H3/b6-4-,14-5+/t15-,16-,17?,18-,20+,21+/m1/s1. The van der Waals surface area contributed by atoms with E-state index in [2.05, 4.69) is 19.6 Å². The molecule has 3 N–H and O–H groups in total. The van der Waals surface area contributed by atoms with Crippen molar-refractivity contribution < 1.29 is 24.9 Å². The topological polar surface area (TPSA) is 87.0 Å². The molecule has 0 radical (unpaired) electrons. The van der Waals surface area contributed by atoms with Crippen LogP contribution in [0.2, 0.25) is 0 Å². The third-order valence-electron chi connectivity index (χ3n) is 7.10. The Morgan fingerprint density at radius 2 is 2.04 bits per heavy atom. The van der Waals surface area contributed by atoms with Crippen LogP contribution < -0.4 is 0 Å². The number of carbonyl (C=O) groups is 1. The van der Waals surface area contributed by atoms with E-state index in [1.54, 1.807) is 6.08 Å². The number of aliphatic hydroxyl groups excluding tert-OH is 3. The molecule has 1 heterocycles. The lowest BCUT2D eigenvalue weighted by Gasteiger charge is -2.59. The lowest BCUT2D eigenvalue weighted by molar-refractivity contribution is -0.145. The summed E-state index contributed by atoms with van der Waals surface area (Å²) < 4.78 is 4.84. The van der Waals surface area contributed by atoms with E-state index in [0.717, 1.165) is 24.8 Å². The van der Waals surface area contributed by atoms with E-state index in [0.29, 0.717) is 6.42 Å². The summed E-state index contributed by atoms with van der Waals surface area (Å²) in [4.78, 5) is 11.6. The van der Waals surface area contributed by atoms with Crippen molar-refractivity contribution in [2.45, 2.75) is 51.7 Å². The number of ether oxygens (including phenoxy) is 1. The van der Waals surface area contributed by atoms with Crippen molar-refractivity contribution in [2.75, 3.05) is 13.2 Å². The number of carbonyl (C=O) groups excluding carboxylic acids is 1. The molecule has 1 aliphatic heterocycles. The Morgan fingerprint density at radius 3 is 2.65 bits per heavy atom. The number of rotatable bonds is 3. The molecule has 0 aromatic carbocycles. The van der Waals surface area contributed by atoms with Crippen LogP contribution in [0.1, 0.15) is 39.5 Å². The van der Waals surface area contributed by atoms with Gasteiger partial charge in [-0.3, -0.25) is 0 Å². The van der Waals surface area contributed by atoms with Crippen molar-refractivity contribution in [1.82, 2.24) is 0 Å². The van der Waals surface area contributed by atoms with E-state index in [1.165, 1.54) is 0 Å². The normalized spacial score (nSPS) is 45.2. The summed E-state index contributed by atoms with van der Waals surface area (Å²) in [6.07, 6.45) is 7.43. The monoisotopic (exact) mass is 362 g/mol. The molecule has 2 aliphatic carbocycles. The largest absolute Gasteiger partial charge is 0.459 e. The maximum absolute atomic E-state index is 11.6. The van der Waals surface area contributed by atoms with Crippen molar-refractivity contribution in [3.05, 3.63) is 36.0 Å². The van der Waals surface area contributed by atoms with Crippen LogP contribution in [0.25, 0.3) is 0 Å². The molecule has 144 valence electrons. The van der Waals surface area contributed by atoms with E-state index in [1.807, 2.05) is 13.0 Å². The van der Waals surface area contributed by atoms with Crippen molar-refractivity contribution in [3.63, 3.8) is 0 Å². The van der Waals surface area contributed by atoms with Crippen LogP contribution in [0.4, 0.5) is 0 Å². The summed E-state index contributed by atoms with van der Waals surface area (Å²) >= 11 is 0. The van der Waals surface area contributed by atoms with Crippen LogP contribution in [-0.2, 0) is 9.53 Å². The fraction of sp³-hybridized carbons (Fsp3) is 0.667. The number of fused-ring (bicyclic) bond motifs is 1. The number of allylic oxidation sites excluding steroid dienone is 4. The minimum atomic E-state index is -0.868. The Morgan fingerprint density at radius 1 is 1.31 bits per heavy atom. The van der Waals surface area contributed by atoms with Gasteiger partial charge >= 0.3 is 5.97 Å². The number of aliphatic hydroxyl groups is 3. The summed E-state index contributed by atoms with van der Waals surface area (Å²) in [6.45, 7) is 8.47. The number of cyclic esters (lactones) is 1. The molecule has 1 saturated heterocycles. The number of hydrogen-bond acceptors (Lipinski definition) is 5. The molecule has 0 spiro atoms. The molecule has 2 saturated carbocycles. The third-order valence-corrected chi connectivity index (χ3v) is 7.10. The van der Waals surface area contributed by atoms with Crippen LogP contribution in [0.3, 0.4) is 0 Å². The second-order valence-electron chi connectivity index (χ2n) is 8.57. The zero-order chi connectivity index (χ0) is 19.1. The summed E-state index contributed by atoms with van der Waals surface area (Å²) in [5.74, 6) is -0.174. The number of hydrogen-bond donors (Lipinski definition) is 3. The summed E-state index contributed by atoms with van der Waals surface area (Å²) in [5.41, 5.74) is 0.813. The van der Waals surface area contributed by atoms with E-state index in [9.17, 15) is 20.1 Å². The van der Waals surface area contributed by atoms with Gasteiger partial charge in [-0.1, -0.05) is 38.2 Å². The van der Waals surface area contributed by atoms with E-state index >= 15 is 0 Å². The van der Waals surface area contributed by atoms with Crippen molar-refractivity contribution in [2.24, 2.45) is 22.7 Å². The minimum Gasteiger partial charge on any atom is -0.459 e. The lowest BCUT2D eigenvalue weighted by atomic mass is 9.46. The predicted molar refractivity (Wildman–Crippen MR) is 98.1 cm³/mol. The molecule has 0 amide bonds. The van der Waals surface area contributed by atoms with Gasteiger partial charge in [-0.05, 0) is 43.1 Å². The first-order valence-electron chi connectivity index (χ1n) is 9.44. The molecule has 3 fully saturated rings. The zero-order valence-electron chi connectivity index (χ0n) is 15.6. The van der Waals surface area contributed by atoms with Crippen LogP contribution >= 0.6 is 0 Å². The maximum Gasteiger partial charge on any atom is 0.336 e. The highest BCUT2D eigenvalue weighted by Crippen LogP contribution is 2.61. The molecule has 5 heteroatoms. The fourth-order valence-electron chi connectivity index (χ4n) is 5.41. The Balaban J connectivity index is 1.88. The van der Waals surface area contributed by atoms with Crippen LogP contribution in [0, 0.1) is 22.7 Å². The smallest absolute Gasteiger partial charge is 0.336 e. The average Bonchev–Trinajstić information content (AvgIpc) is 2.92. The third kappa shape index (κ3) is 2.96. The van der Waals surface area contributed by atoms with Gasteiger partial charge in [0, 0.05) is 11.3 Å². The number of esters is 1. The second kappa shape index (κ2) is 6.95. The molecular weight excluding hydrogens is 332 g/mol. The highest BCUT2D eigenvalue weighted by atomic mass is 16.6. The van der Waals surface area contributed by atoms with Crippen molar-refractivity contribution in [1.29, 1.82) is 0 Å². The first-order chi connectivity index (χ1) is 12.2. The first-order valence-corrected chi connectivity index (χ1v) is 9.44. The molecule has 6 atom stereocenters. The Labute approximate surface area is 155 Å². The summed E-state index contributed by atoms with van der Waals surface area (Å²) in [7, 11) is 0. The molecule has 5 nitrogen and oxygen atoms in total. The Bertz CT molecular complexity index is 651. The SMILES string of the molecule is C=C1CCC2[C@](C)(CO)[C@H](O)CC[C@@]2(C)[C@@H]1/C=C\C=C1\C(=O)OC[C@H]1O. The Kier molecular flexibility index (Phi) is 5.17. The van der Waals surface area contributed by atoms with E-state index in [-0.39, 0.29) is 36.0 Å². The predicted octanol–water partition coefficient (Wildman–Crippen LogP) is 2.13. The molecule has 3 rings (SSSR count). The zero-order valence-corrected chi connectivity index (χ0v) is 15.6. The van der Waals surface area contributed by atoms with Crippen LogP contribution in [0.15, 0.2) is 36.0 Å². The maximum atomic E-state index is 11.6. The quantitative estimate of drug-likeness (QED) is 0.407. The summed E-state index contributed by atoms with van der Waals surface area (Å²) in [6, 6.07) is 0. The van der Waals surface area contributed by atoms with Gasteiger partial charge in [-0.25, -0.2) is 4.79 Å². The molecular formula is C21H30O5. The van der Waals surface area contributed by atoms with Gasteiger partial charge in [-0.15, -0.1) is 0 Å². The molecule has 0 bridgehead atoms. The highest BCUT2D eigenvalue weighted by Gasteiger charge is 2.57. The first kappa shape index (κ1) is 19.3. The van der Waals surface area contributed by atoms with Gasteiger partial charge in [-0.2, -0.15) is 0 Å². The minimum absolute atomic E-state index is 0.0151. The van der Waals surface area contributed by atoms with Crippen molar-refractivity contribution in [3.8, 4) is 0 Å².